The lowest BCUT2D eigenvalue weighted by atomic mass is 10.3. The van der Waals surface area contributed by atoms with Gasteiger partial charge in [-0.1, -0.05) is 0 Å². The molecule has 0 fully saturated rings. The van der Waals surface area contributed by atoms with E-state index in [0.717, 1.165) is 23.6 Å². The first kappa shape index (κ1) is 10.7. The van der Waals surface area contributed by atoms with E-state index in [1.54, 1.807) is 0 Å². The molecule has 5 nitrogen and oxygen atoms in total. The van der Waals surface area contributed by atoms with Crippen LogP contribution in [0.4, 0.5) is 5.69 Å². The number of carbonyl (C=O) groups excluding carboxylic acids is 1. The third-order valence-electron chi connectivity index (χ3n) is 2.13. The molecule has 3 N–H and O–H groups in total. The highest BCUT2D eigenvalue weighted by molar-refractivity contribution is 5.93. The second-order valence-electron chi connectivity index (χ2n) is 3.11. The minimum Gasteiger partial charge on any atom is -0.322 e. The summed E-state index contributed by atoms with van der Waals surface area (Å²) in [6.07, 6.45) is 0. The van der Waals surface area contributed by atoms with Crippen LogP contribution >= 0.6 is 0 Å². The molecule has 78 valence electrons. The van der Waals surface area contributed by atoms with Gasteiger partial charge in [-0.2, -0.15) is 5.10 Å². The molecule has 0 aliphatic heterocycles. The van der Waals surface area contributed by atoms with Crippen LogP contribution < -0.4 is 11.1 Å². The number of aromatic nitrogens is 2. The number of nitrogens with zero attached hydrogens (tertiary/aromatic N) is 2. The zero-order valence-electron chi connectivity index (χ0n) is 8.79. The summed E-state index contributed by atoms with van der Waals surface area (Å²) in [6.45, 7) is 6.59. The summed E-state index contributed by atoms with van der Waals surface area (Å²) in [5.41, 5.74) is 7.79. The highest BCUT2D eigenvalue weighted by Crippen LogP contribution is 2.18. The van der Waals surface area contributed by atoms with Crippen molar-refractivity contribution in [3.05, 3.63) is 11.4 Å². The van der Waals surface area contributed by atoms with E-state index in [4.69, 9.17) is 5.73 Å². The maximum absolute atomic E-state index is 11.1. The second kappa shape index (κ2) is 4.23. The molecule has 1 aromatic heterocycles. The van der Waals surface area contributed by atoms with E-state index in [1.807, 2.05) is 25.5 Å². The average molecular weight is 196 g/mol. The molecule has 0 unspecified atom stereocenters. The number of carbonyl (C=O) groups is 1. The van der Waals surface area contributed by atoms with E-state index in [2.05, 4.69) is 10.4 Å². The summed E-state index contributed by atoms with van der Waals surface area (Å²) in [5.74, 6) is -0.188. The molecule has 0 bridgehead atoms. The average Bonchev–Trinajstić information content (AvgIpc) is 2.44. The summed E-state index contributed by atoms with van der Waals surface area (Å²) < 4.78 is 1.85. The van der Waals surface area contributed by atoms with Crippen LogP contribution in [0.3, 0.4) is 0 Å². The van der Waals surface area contributed by atoms with Crippen LogP contribution in [-0.4, -0.2) is 22.2 Å². The highest BCUT2D eigenvalue weighted by atomic mass is 16.1. The molecule has 0 aliphatic carbocycles. The van der Waals surface area contributed by atoms with Gasteiger partial charge in [0.15, 0.2) is 0 Å². The van der Waals surface area contributed by atoms with E-state index >= 15 is 0 Å². The number of hydrogen-bond acceptors (Lipinski definition) is 3. The fourth-order valence-electron chi connectivity index (χ4n) is 1.38. The molecule has 1 amide bonds. The normalized spacial score (nSPS) is 10.3. The van der Waals surface area contributed by atoms with Crippen molar-refractivity contribution in [2.45, 2.75) is 27.3 Å². The van der Waals surface area contributed by atoms with Gasteiger partial charge in [-0.15, -0.1) is 0 Å². The number of nitrogens with two attached hydrogens (primary N) is 1. The summed E-state index contributed by atoms with van der Waals surface area (Å²) in [5, 5.41) is 7.01. The van der Waals surface area contributed by atoms with Crippen LogP contribution in [0.1, 0.15) is 18.3 Å². The summed E-state index contributed by atoms with van der Waals surface area (Å²) in [4.78, 5) is 11.1. The molecule has 0 radical (unpaired) electrons. The van der Waals surface area contributed by atoms with E-state index in [9.17, 15) is 4.79 Å². The van der Waals surface area contributed by atoms with Crippen molar-refractivity contribution in [3.63, 3.8) is 0 Å². The number of aryl methyl sites for hydroxylation is 2. The predicted molar refractivity (Wildman–Crippen MR) is 55.1 cm³/mol. The van der Waals surface area contributed by atoms with Crippen LogP contribution in [0.5, 0.6) is 0 Å². The second-order valence-corrected chi connectivity index (χ2v) is 3.11. The van der Waals surface area contributed by atoms with Crippen molar-refractivity contribution in [3.8, 4) is 0 Å². The SMILES string of the molecule is CCn1nc(C)c(NC(=O)CN)c1C. The number of anilines is 1. The Labute approximate surface area is 83.3 Å². The zero-order valence-corrected chi connectivity index (χ0v) is 8.79. The van der Waals surface area contributed by atoms with Gasteiger partial charge in [0.05, 0.1) is 23.6 Å². The third-order valence-corrected chi connectivity index (χ3v) is 2.13. The molecular weight excluding hydrogens is 180 g/mol. The molecule has 14 heavy (non-hydrogen) atoms. The molecule has 0 aromatic carbocycles. The Balaban J connectivity index is 2.96. The van der Waals surface area contributed by atoms with Crippen molar-refractivity contribution in [1.82, 2.24) is 9.78 Å². The van der Waals surface area contributed by atoms with Crippen LogP contribution in [0, 0.1) is 13.8 Å². The van der Waals surface area contributed by atoms with Crippen LogP contribution in [0.25, 0.3) is 0 Å². The van der Waals surface area contributed by atoms with Gasteiger partial charge in [-0.3, -0.25) is 9.48 Å². The molecule has 0 atom stereocenters. The molecule has 0 aliphatic rings. The van der Waals surface area contributed by atoms with Crippen molar-refractivity contribution < 1.29 is 4.79 Å². The van der Waals surface area contributed by atoms with Crippen LogP contribution in [0.2, 0.25) is 0 Å². The molecular formula is C9H16N4O. The molecule has 1 heterocycles. The minimum absolute atomic E-state index is 0.00378. The summed E-state index contributed by atoms with van der Waals surface area (Å²) in [7, 11) is 0. The lowest BCUT2D eigenvalue weighted by Gasteiger charge is -2.03. The van der Waals surface area contributed by atoms with Gasteiger partial charge in [0, 0.05) is 6.54 Å². The van der Waals surface area contributed by atoms with Gasteiger partial charge in [0.2, 0.25) is 5.91 Å². The van der Waals surface area contributed by atoms with E-state index in [-0.39, 0.29) is 12.5 Å². The first-order chi connectivity index (χ1) is 6.60. The molecule has 1 aromatic rings. The van der Waals surface area contributed by atoms with E-state index in [0.29, 0.717) is 0 Å². The van der Waals surface area contributed by atoms with Crippen molar-refractivity contribution in [2.24, 2.45) is 5.73 Å². The topological polar surface area (TPSA) is 72.9 Å². The predicted octanol–water partition coefficient (Wildman–Crippen LogP) is 0.417. The monoisotopic (exact) mass is 196 g/mol. The maximum Gasteiger partial charge on any atom is 0.238 e. The lowest BCUT2D eigenvalue weighted by molar-refractivity contribution is -0.114. The molecule has 0 spiro atoms. The Kier molecular flexibility index (Phi) is 3.24. The van der Waals surface area contributed by atoms with Gasteiger partial charge in [0.25, 0.3) is 0 Å². The lowest BCUT2D eigenvalue weighted by Crippen LogP contribution is -2.22. The first-order valence-corrected chi connectivity index (χ1v) is 4.64. The van der Waals surface area contributed by atoms with Crippen LogP contribution in [-0.2, 0) is 11.3 Å². The standard InChI is InChI=1S/C9H16N4O/c1-4-13-7(3)9(6(2)12-13)11-8(14)5-10/h4-5,10H2,1-3H3,(H,11,14). The first-order valence-electron chi connectivity index (χ1n) is 4.64. The quantitative estimate of drug-likeness (QED) is 0.735. The van der Waals surface area contributed by atoms with Gasteiger partial charge in [0.1, 0.15) is 0 Å². The Morgan fingerprint density at radius 1 is 1.57 bits per heavy atom. The Hall–Kier alpha value is -1.36. The van der Waals surface area contributed by atoms with Crippen molar-refractivity contribution in [1.29, 1.82) is 0 Å². The number of rotatable bonds is 3. The number of hydrogen-bond donors (Lipinski definition) is 2. The summed E-state index contributed by atoms with van der Waals surface area (Å²) in [6, 6.07) is 0. The van der Waals surface area contributed by atoms with E-state index < -0.39 is 0 Å². The van der Waals surface area contributed by atoms with E-state index in [1.165, 1.54) is 0 Å². The minimum atomic E-state index is -0.188. The highest BCUT2D eigenvalue weighted by Gasteiger charge is 2.11. The van der Waals surface area contributed by atoms with Gasteiger partial charge < -0.3 is 11.1 Å². The maximum atomic E-state index is 11.1. The smallest absolute Gasteiger partial charge is 0.238 e. The Morgan fingerprint density at radius 3 is 2.64 bits per heavy atom. The third kappa shape index (κ3) is 1.93. The van der Waals surface area contributed by atoms with Gasteiger partial charge in [-0.25, -0.2) is 0 Å². The number of nitrogens with one attached hydrogen (secondary N) is 1. The Bertz CT molecular complexity index is 343. The van der Waals surface area contributed by atoms with Gasteiger partial charge in [-0.05, 0) is 20.8 Å². The zero-order chi connectivity index (χ0) is 10.7. The fourth-order valence-corrected chi connectivity index (χ4v) is 1.38. The molecule has 0 saturated heterocycles. The molecule has 0 saturated carbocycles. The fraction of sp³-hybridized carbons (Fsp3) is 0.556. The summed E-state index contributed by atoms with van der Waals surface area (Å²) >= 11 is 0. The van der Waals surface area contributed by atoms with Crippen molar-refractivity contribution in [2.75, 3.05) is 11.9 Å². The van der Waals surface area contributed by atoms with Gasteiger partial charge >= 0.3 is 0 Å². The molecule has 1 rings (SSSR count). The molecule has 5 heteroatoms. The Morgan fingerprint density at radius 2 is 2.21 bits per heavy atom. The largest absolute Gasteiger partial charge is 0.322 e. The van der Waals surface area contributed by atoms with Crippen LogP contribution in [0.15, 0.2) is 0 Å². The number of amides is 1. The van der Waals surface area contributed by atoms with Crippen molar-refractivity contribution >= 4 is 11.6 Å².